The molecule has 26 heavy (non-hydrogen) atoms. The topological polar surface area (TPSA) is 88.2 Å². The van der Waals surface area contributed by atoms with Crippen LogP contribution >= 0.6 is 0 Å². The van der Waals surface area contributed by atoms with Gasteiger partial charge in [-0.15, -0.1) is 0 Å². The van der Waals surface area contributed by atoms with E-state index in [0.717, 1.165) is 18.2 Å². The van der Waals surface area contributed by atoms with E-state index >= 15 is 0 Å². The number of fused-ring (bicyclic) bond motifs is 1. The molecule has 1 aliphatic carbocycles. The second-order valence-electron chi connectivity index (χ2n) is 6.26. The number of nitrogens with zero attached hydrogens (tertiary/aromatic N) is 1. The van der Waals surface area contributed by atoms with E-state index in [1.807, 2.05) is 12.1 Å². The molecule has 0 saturated heterocycles. The molecule has 0 atom stereocenters. The normalized spacial score (nSPS) is 14.2. The highest BCUT2D eigenvalue weighted by Gasteiger charge is 2.24. The van der Waals surface area contributed by atoms with Crippen molar-refractivity contribution in [3.63, 3.8) is 0 Å². The van der Waals surface area contributed by atoms with E-state index in [1.54, 1.807) is 24.4 Å². The Kier molecular flexibility index (Phi) is 4.08. The predicted molar refractivity (Wildman–Crippen MR) is 99.5 cm³/mol. The molecule has 3 aromatic rings. The Hall–Kier alpha value is -2.93. The van der Waals surface area contributed by atoms with Crippen LogP contribution in [0.25, 0.3) is 10.9 Å². The number of carbonyl (C=O) groups is 1. The molecule has 1 saturated carbocycles. The number of sulfonamides is 1. The van der Waals surface area contributed by atoms with Crippen molar-refractivity contribution in [3.8, 4) is 0 Å². The van der Waals surface area contributed by atoms with Gasteiger partial charge in [0.1, 0.15) is 0 Å². The van der Waals surface area contributed by atoms with Gasteiger partial charge in [-0.3, -0.25) is 14.5 Å². The van der Waals surface area contributed by atoms with Crippen molar-refractivity contribution in [2.75, 3.05) is 4.72 Å². The van der Waals surface area contributed by atoms with Crippen molar-refractivity contribution in [3.05, 3.63) is 66.4 Å². The summed E-state index contributed by atoms with van der Waals surface area (Å²) >= 11 is 0. The highest BCUT2D eigenvalue weighted by molar-refractivity contribution is 7.92. The van der Waals surface area contributed by atoms with Gasteiger partial charge >= 0.3 is 0 Å². The van der Waals surface area contributed by atoms with Crippen molar-refractivity contribution in [2.24, 2.45) is 0 Å². The van der Waals surface area contributed by atoms with Gasteiger partial charge in [0.05, 0.1) is 16.1 Å². The second kappa shape index (κ2) is 6.42. The molecule has 2 aromatic carbocycles. The molecule has 0 spiro atoms. The highest BCUT2D eigenvalue weighted by Crippen LogP contribution is 2.24. The number of anilines is 1. The number of hydrogen-bond acceptors (Lipinski definition) is 4. The first-order valence-electron chi connectivity index (χ1n) is 8.30. The Bertz CT molecular complexity index is 1070. The summed E-state index contributed by atoms with van der Waals surface area (Å²) < 4.78 is 27.9. The van der Waals surface area contributed by atoms with Crippen LogP contribution in [0.4, 0.5) is 5.69 Å². The lowest BCUT2D eigenvalue weighted by molar-refractivity contribution is 0.0951. The van der Waals surface area contributed by atoms with Crippen LogP contribution in [0, 0.1) is 0 Å². The zero-order chi connectivity index (χ0) is 18.1. The minimum Gasteiger partial charge on any atom is -0.349 e. The van der Waals surface area contributed by atoms with Gasteiger partial charge in [0.15, 0.2) is 0 Å². The van der Waals surface area contributed by atoms with Crippen molar-refractivity contribution in [1.29, 1.82) is 0 Å². The lowest BCUT2D eigenvalue weighted by atomic mass is 10.2. The fraction of sp³-hybridized carbons (Fsp3) is 0.158. The molecule has 1 aromatic heterocycles. The zero-order valence-corrected chi connectivity index (χ0v) is 14.7. The largest absolute Gasteiger partial charge is 0.349 e. The quantitative estimate of drug-likeness (QED) is 0.726. The van der Waals surface area contributed by atoms with E-state index in [-0.39, 0.29) is 16.8 Å². The van der Waals surface area contributed by atoms with Crippen LogP contribution < -0.4 is 10.0 Å². The van der Waals surface area contributed by atoms with Gasteiger partial charge < -0.3 is 5.32 Å². The summed E-state index contributed by atoms with van der Waals surface area (Å²) in [4.78, 5) is 16.4. The lowest BCUT2D eigenvalue weighted by Crippen LogP contribution is -2.25. The van der Waals surface area contributed by atoms with Crippen molar-refractivity contribution >= 4 is 32.5 Å². The molecule has 0 radical (unpaired) electrons. The molecule has 2 N–H and O–H groups in total. The maximum Gasteiger partial charge on any atom is 0.261 e. The Labute approximate surface area is 151 Å². The fourth-order valence-electron chi connectivity index (χ4n) is 2.67. The minimum atomic E-state index is -3.78. The van der Waals surface area contributed by atoms with Crippen LogP contribution in [0.15, 0.2) is 65.7 Å². The number of aromatic nitrogens is 1. The summed E-state index contributed by atoms with van der Waals surface area (Å²) in [7, 11) is -3.78. The predicted octanol–water partition coefficient (Wildman–Crippen LogP) is 2.93. The molecule has 4 rings (SSSR count). The number of rotatable bonds is 5. The molecular formula is C19H17N3O3S. The molecule has 0 aliphatic heterocycles. The highest BCUT2D eigenvalue weighted by atomic mass is 32.2. The average molecular weight is 367 g/mol. The van der Waals surface area contributed by atoms with Crippen LogP contribution in [0.5, 0.6) is 0 Å². The van der Waals surface area contributed by atoms with E-state index in [1.165, 1.54) is 24.3 Å². The first-order chi connectivity index (χ1) is 12.5. The first-order valence-corrected chi connectivity index (χ1v) is 9.79. The minimum absolute atomic E-state index is 0.0911. The summed E-state index contributed by atoms with van der Waals surface area (Å²) in [6.45, 7) is 0. The summed E-state index contributed by atoms with van der Waals surface area (Å²) in [6.07, 6.45) is 3.62. The van der Waals surface area contributed by atoms with Gasteiger partial charge in [-0.25, -0.2) is 8.42 Å². The van der Waals surface area contributed by atoms with E-state index in [9.17, 15) is 13.2 Å². The summed E-state index contributed by atoms with van der Waals surface area (Å²) in [5.74, 6) is -0.178. The van der Waals surface area contributed by atoms with Crippen LogP contribution in [0.3, 0.4) is 0 Å². The van der Waals surface area contributed by atoms with Crippen LogP contribution in [0.2, 0.25) is 0 Å². The van der Waals surface area contributed by atoms with Gasteiger partial charge in [0.2, 0.25) is 0 Å². The molecule has 1 heterocycles. The zero-order valence-electron chi connectivity index (χ0n) is 13.8. The summed E-state index contributed by atoms with van der Waals surface area (Å²) in [5.41, 5.74) is 1.44. The molecular weight excluding hydrogens is 350 g/mol. The molecule has 0 bridgehead atoms. The Morgan fingerprint density at radius 1 is 1.00 bits per heavy atom. The number of para-hydroxylation sites is 1. The van der Waals surface area contributed by atoms with Gasteiger partial charge in [-0.2, -0.15) is 0 Å². The SMILES string of the molecule is O=C(NC1CC1)c1ccc(S(=O)(=O)Nc2cccc3cccnc23)cc1. The lowest BCUT2D eigenvalue weighted by Gasteiger charge is -2.10. The summed E-state index contributed by atoms with van der Waals surface area (Å²) in [5, 5.41) is 3.72. The molecule has 1 amide bonds. The van der Waals surface area contributed by atoms with E-state index in [2.05, 4.69) is 15.0 Å². The molecule has 6 nitrogen and oxygen atoms in total. The number of carbonyl (C=O) groups excluding carboxylic acids is 1. The molecule has 1 aliphatic rings. The third-order valence-corrected chi connectivity index (χ3v) is 5.60. The van der Waals surface area contributed by atoms with Gasteiger partial charge in [0.25, 0.3) is 15.9 Å². The number of hydrogen-bond donors (Lipinski definition) is 2. The smallest absolute Gasteiger partial charge is 0.261 e. The van der Waals surface area contributed by atoms with E-state index < -0.39 is 10.0 Å². The fourth-order valence-corrected chi connectivity index (χ4v) is 3.74. The Balaban J connectivity index is 1.58. The first kappa shape index (κ1) is 16.5. The number of nitrogens with one attached hydrogen (secondary N) is 2. The van der Waals surface area contributed by atoms with Gasteiger partial charge in [-0.05, 0) is 49.2 Å². The maximum absolute atomic E-state index is 12.7. The standard InChI is InChI=1S/C19H17N3O3S/c23-19(21-15-8-9-15)14-6-10-16(11-7-14)26(24,25)22-17-5-1-3-13-4-2-12-20-18(13)17/h1-7,10-12,15,22H,8-9H2,(H,21,23). The van der Waals surface area contributed by atoms with Crippen LogP contribution in [0.1, 0.15) is 23.2 Å². The van der Waals surface area contributed by atoms with E-state index in [4.69, 9.17) is 0 Å². The number of amides is 1. The Morgan fingerprint density at radius 3 is 2.46 bits per heavy atom. The Morgan fingerprint density at radius 2 is 1.73 bits per heavy atom. The summed E-state index contributed by atoms with van der Waals surface area (Å²) in [6, 6.07) is 15.1. The third-order valence-electron chi connectivity index (χ3n) is 4.22. The second-order valence-corrected chi connectivity index (χ2v) is 7.94. The van der Waals surface area contributed by atoms with Crippen molar-refractivity contribution < 1.29 is 13.2 Å². The van der Waals surface area contributed by atoms with Crippen LogP contribution in [-0.2, 0) is 10.0 Å². The monoisotopic (exact) mass is 367 g/mol. The maximum atomic E-state index is 12.7. The van der Waals surface area contributed by atoms with E-state index in [0.29, 0.717) is 16.8 Å². The number of pyridine rings is 1. The number of benzene rings is 2. The molecule has 132 valence electrons. The van der Waals surface area contributed by atoms with Gasteiger partial charge in [0, 0.05) is 23.2 Å². The third kappa shape index (κ3) is 3.39. The average Bonchev–Trinajstić information content (AvgIpc) is 3.46. The van der Waals surface area contributed by atoms with Crippen LogP contribution in [-0.4, -0.2) is 25.4 Å². The molecule has 7 heteroatoms. The van der Waals surface area contributed by atoms with Crippen molar-refractivity contribution in [1.82, 2.24) is 10.3 Å². The molecule has 0 unspecified atom stereocenters. The molecule has 1 fully saturated rings. The van der Waals surface area contributed by atoms with Crippen molar-refractivity contribution in [2.45, 2.75) is 23.8 Å². The van der Waals surface area contributed by atoms with Gasteiger partial charge in [-0.1, -0.05) is 18.2 Å².